The van der Waals surface area contributed by atoms with Gasteiger partial charge in [-0.1, -0.05) is 25.4 Å². The number of aliphatic hydroxyl groups is 1. The Morgan fingerprint density at radius 1 is 1.40 bits per heavy atom. The van der Waals surface area contributed by atoms with Crippen LogP contribution in [-0.2, 0) is 0 Å². The van der Waals surface area contributed by atoms with E-state index in [0.717, 1.165) is 5.39 Å². The summed E-state index contributed by atoms with van der Waals surface area (Å²) in [4.78, 5) is 4.46. The maximum absolute atomic E-state index is 9.36. The number of anilines is 1. The average molecular weight is 290 g/mol. The van der Waals surface area contributed by atoms with Crippen LogP contribution in [-0.4, -0.2) is 22.7 Å². The van der Waals surface area contributed by atoms with Crippen LogP contribution in [0, 0.1) is 17.2 Å². The number of aromatic nitrogens is 1. The van der Waals surface area contributed by atoms with Crippen LogP contribution < -0.4 is 5.32 Å². The highest BCUT2D eigenvalue weighted by Crippen LogP contribution is 2.24. The van der Waals surface area contributed by atoms with Crippen LogP contribution in [0.2, 0.25) is 5.02 Å². The Morgan fingerprint density at radius 3 is 2.75 bits per heavy atom. The Bertz CT molecular complexity index is 664. The highest BCUT2D eigenvalue weighted by Gasteiger charge is 2.14. The summed E-state index contributed by atoms with van der Waals surface area (Å²) in [6, 6.07) is 9.01. The fourth-order valence-electron chi connectivity index (χ4n) is 1.98. The predicted molar refractivity (Wildman–Crippen MR) is 80.8 cm³/mol. The van der Waals surface area contributed by atoms with Crippen molar-refractivity contribution in [2.45, 2.75) is 19.9 Å². The van der Waals surface area contributed by atoms with E-state index in [1.807, 2.05) is 13.8 Å². The molecule has 0 aliphatic carbocycles. The number of halogens is 1. The van der Waals surface area contributed by atoms with Crippen molar-refractivity contribution in [2.24, 2.45) is 5.92 Å². The lowest BCUT2D eigenvalue weighted by atomic mass is 10.1. The zero-order chi connectivity index (χ0) is 14.7. The van der Waals surface area contributed by atoms with Crippen LogP contribution in [0.25, 0.3) is 10.9 Å². The number of benzene rings is 1. The van der Waals surface area contributed by atoms with Crippen LogP contribution in [0.1, 0.15) is 19.4 Å². The van der Waals surface area contributed by atoms with Gasteiger partial charge in [0.15, 0.2) is 0 Å². The Labute approximate surface area is 123 Å². The lowest BCUT2D eigenvalue weighted by Gasteiger charge is -2.20. The molecule has 2 N–H and O–H groups in total. The first-order valence-electron chi connectivity index (χ1n) is 6.43. The van der Waals surface area contributed by atoms with Crippen molar-refractivity contribution in [2.75, 3.05) is 11.9 Å². The molecular formula is C15H16ClN3O. The zero-order valence-corrected chi connectivity index (χ0v) is 12.1. The smallest absolute Gasteiger partial charge is 0.128 e. The summed E-state index contributed by atoms with van der Waals surface area (Å²) in [6.45, 7) is 4.04. The minimum absolute atomic E-state index is 0.0138. The molecule has 1 aromatic heterocycles. The molecule has 20 heavy (non-hydrogen) atoms. The molecule has 1 atom stereocenters. The quantitative estimate of drug-likeness (QED) is 0.907. The SMILES string of the molecule is CC(C)[C@@H](CO)Nc1cc(C#N)c2cc(Cl)ccc2n1. The average Bonchev–Trinajstić information content (AvgIpc) is 2.43. The third kappa shape index (κ3) is 3.01. The third-order valence-corrected chi connectivity index (χ3v) is 3.46. The normalized spacial score (nSPS) is 12.4. The van der Waals surface area contributed by atoms with Gasteiger partial charge in [0.05, 0.1) is 29.8 Å². The van der Waals surface area contributed by atoms with Crippen LogP contribution in [0.3, 0.4) is 0 Å². The maximum atomic E-state index is 9.36. The summed E-state index contributed by atoms with van der Waals surface area (Å²) in [5.74, 6) is 0.845. The molecule has 0 aliphatic rings. The fraction of sp³-hybridized carbons (Fsp3) is 0.333. The van der Waals surface area contributed by atoms with E-state index in [1.165, 1.54) is 0 Å². The molecule has 4 nitrogen and oxygen atoms in total. The minimum Gasteiger partial charge on any atom is -0.394 e. The molecular weight excluding hydrogens is 274 g/mol. The second kappa shape index (κ2) is 6.08. The van der Waals surface area contributed by atoms with Crippen molar-refractivity contribution in [3.05, 3.63) is 34.9 Å². The Hall–Kier alpha value is -1.83. The van der Waals surface area contributed by atoms with E-state index >= 15 is 0 Å². The monoisotopic (exact) mass is 289 g/mol. The molecule has 0 amide bonds. The van der Waals surface area contributed by atoms with E-state index in [2.05, 4.69) is 16.4 Å². The first-order valence-corrected chi connectivity index (χ1v) is 6.80. The second-order valence-corrected chi connectivity index (χ2v) is 5.44. The molecule has 0 fully saturated rings. The first kappa shape index (κ1) is 14.6. The van der Waals surface area contributed by atoms with Crippen molar-refractivity contribution >= 4 is 28.3 Å². The van der Waals surface area contributed by atoms with Crippen LogP contribution in [0.5, 0.6) is 0 Å². The zero-order valence-electron chi connectivity index (χ0n) is 11.4. The predicted octanol–water partition coefficient (Wildman–Crippen LogP) is 3.19. The van der Waals surface area contributed by atoms with E-state index in [9.17, 15) is 10.4 Å². The number of nitriles is 1. The summed E-state index contributed by atoms with van der Waals surface area (Å²) in [5.41, 5.74) is 1.22. The van der Waals surface area contributed by atoms with Gasteiger partial charge in [-0.15, -0.1) is 0 Å². The molecule has 0 radical (unpaired) electrons. The van der Waals surface area contributed by atoms with Crippen LogP contribution in [0.15, 0.2) is 24.3 Å². The molecule has 104 valence electrons. The molecule has 0 saturated heterocycles. The Balaban J connectivity index is 2.46. The number of hydrogen-bond donors (Lipinski definition) is 2. The first-order chi connectivity index (χ1) is 9.55. The van der Waals surface area contributed by atoms with Gasteiger partial charge >= 0.3 is 0 Å². The van der Waals surface area contributed by atoms with Gasteiger partial charge in [-0.3, -0.25) is 0 Å². The number of nitrogens with zero attached hydrogens (tertiary/aromatic N) is 2. The van der Waals surface area contributed by atoms with Crippen LogP contribution in [0.4, 0.5) is 5.82 Å². The summed E-state index contributed by atoms with van der Waals surface area (Å²) in [5, 5.41) is 23.1. The molecule has 0 aliphatic heterocycles. The van der Waals surface area contributed by atoms with E-state index < -0.39 is 0 Å². The maximum Gasteiger partial charge on any atom is 0.128 e. The lowest BCUT2D eigenvalue weighted by Crippen LogP contribution is -2.29. The van der Waals surface area contributed by atoms with Gasteiger partial charge in [-0.25, -0.2) is 4.98 Å². The summed E-state index contributed by atoms with van der Waals surface area (Å²) in [6.07, 6.45) is 0. The van der Waals surface area contributed by atoms with E-state index in [4.69, 9.17) is 11.6 Å². The molecule has 0 unspecified atom stereocenters. The van der Waals surface area contributed by atoms with Gasteiger partial charge in [0.1, 0.15) is 5.82 Å². The largest absolute Gasteiger partial charge is 0.394 e. The molecule has 5 heteroatoms. The van der Waals surface area contributed by atoms with Crippen molar-refractivity contribution < 1.29 is 5.11 Å². The van der Waals surface area contributed by atoms with Crippen molar-refractivity contribution in [3.8, 4) is 6.07 Å². The molecule has 0 bridgehead atoms. The number of hydrogen-bond acceptors (Lipinski definition) is 4. The number of nitrogens with one attached hydrogen (secondary N) is 1. The minimum atomic E-state index is -0.0983. The van der Waals surface area contributed by atoms with E-state index in [-0.39, 0.29) is 18.6 Å². The summed E-state index contributed by atoms with van der Waals surface area (Å²) < 4.78 is 0. The van der Waals surface area contributed by atoms with Crippen LogP contribution >= 0.6 is 11.6 Å². The van der Waals surface area contributed by atoms with Crippen molar-refractivity contribution in [3.63, 3.8) is 0 Å². The highest BCUT2D eigenvalue weighted by molar-refractivity contribution is 6.31. The van der Waals surface area contributed by atoms with Crippen molar-refractivity contribution in [1.82, 2.24) is 4.98 Å². The van der Waals surface area contributed by atoms with Gasteiger partial charge in [0, 0.05) is 10.4 Å². The second-order valence-electron chi connectivity index (χ2n) is 5.01. The summed E-state index contributed by atoms with van der Waals surface area (Å²) in [7, 11) is 0. The van der Waals surface area contributed by atoms with Gasteiger partial charge < -0.3 is 10.4 Å². The number of rotatable bonds is 4. The standard InChI is InChI=1S/C15H16ClN3O/c1-9(2)14(8-20)19-15-5-10(7-17)12-6-11(16)3-4-13(12)18-15/h3-6,9,14,20H,8H2,1-2H3,(H,18,19)/t14-/m1/s1. The lowest BCUT2D eigenvalue weighted by molar-refractivity contribution is 0.249. The topological polar surface area (TPSA) is 68.9 Å². The molecule has 0 saturated carbocycles. The third-order valence-electron chi connectivity index (χ3n) is 3.23. The van der Waals surface area contributed by atoms with Gasteiger partial charge in [-0.05, 0) is 30.2 Å². The molecule has 0 spiro atoms. The molecule has 2 rings (SSSR count). The van der Waals surface area contributed by atoms with Gasteiger partial charge in [0.2, 0.25) is 0 Å². The Kier molecular flexibility index (Phi) is 4.43. The fourth-order valence-corrected chi connectivity index (χ4v) is 2.15. The number of aliphatic hydroxyl groups excluding tert-OH is 1. The van der Waals surface area contributed by atoms with Gasteiger partial charge in [-0.2, -0.15) is 5.26 Å². The number of pyridine rings is 1. The van der Waals surface area contributed by atoms with E-state index in [0.29, 0.717) is 21.9 Å². The molecule has 1 heterocycles. The van der Waals surface area contributed by atoms with Crippen molar-refractivity contribution in [1.29, 1.82) is 5.26 Å². The highest BCUT2D eigenvalue weighted by atomic mass is 35.5. The molecule has 2 aromatic rings. The van der Waals surface area contributed by atoms with Gasteiger partial charge in [0.25, 0.3) is 0 Å². The Morgan fingerprint density at radius 2 is 2.15 bits per heavy atom. The number of fused-ring (bicyclic) bond motifs is 1. The summed E-state index contributed by atoms with van der Waals surface area (Å²) >= 11 is 5.95. The van der Waals surface area contributed by atoms with E-state index in [1.54, 1.807) is 24.3 Å². The molecule has 1 aromatic carbocycles.